The van der Waals surface area contributed by atoms with Crippen LogP contribution in [0.4, 0.5) is 5.95 Å². The van der Waals surface area contributed by atoms with E-state index in [9.17, 15) is 4.79 Å². The molecule has 0 saturated carbocycles. The van der Waals surface area contributed by atoms with Crippen LogP contribution >= 0.6 is 0 Å². The summed E-state index contributed by atoms with van der Waals surface area (Å²) >= 11 is 0. The Morgan fingerprint density at radius 2 is 2.08 bits per heavy atom. The Morgan fingerprint density at radius 3 is 2.79 bits per heavy atom. The normalized spacial score (nSPS) is 21.3. The quantitative estimate of drug-likeness (QED) is 0.806. The number of carbonyl (C=O) groups is 1. The van der Waals surface area contributed by atoms with Crippen LogP contribution in [0.2, 0.25) is 0 Å². The molecule has 1 amide bonds. The highest BCUT2D eigenvalue weighted by atomic mass is 16.2. The van der Waals surface area contributed by atoms with Crippen molar-refractivity contribution < 1.29 is 4.79 Å². The fourth-order valence-electron chi connectivity index (χ4n) is 3.32. The summed E-state index contributed by atoms with van der Waals surface area (Å²) < 4.78 is 2.09. The largest absolute Gasteiger partial charge is 0.305 e. The van der Waals surface area contributed by atoms with Crippen LogP contribution in [0.3, 0.4) is 0 Å². The maximum atomic E-state index is 12.7. The molecule has 1 aromatic carbocycles. The molecule has 6 heteroatoms. The van der Waals surface area contributed by atoms with Crippen molar-refractivity contribution in [3.63, 3.8) is 0 Å². The lowest BCUT2D eigenvalue weighted by atomic mass is 10.1. The Labute approximate surface area is 143 Å². The first-order valence-electron chi connectivity index (χ1n) is 8.70. The van der Waals surface area contributed by atoms with Crippen molar-refractivity contribution in [2.45, 2.75) is 64.6 Å². The van der Waals surface area contributed by atoms with Gasteiger partial charge in [0.15, 0.2) is 0 Å². The van der Waals surface area contributed by atoms with E-state index in [1.54, 1.807) is 0 Å². The summed E-state index contributed by atoms with van der Waals surface area (Å²) in [6.45, 7) is 8.50. The molecular formula is C18H27N5O. The van der Waals surface area contributed by atoms with Crippen molar-refractivity contribution in [1.82, 2.24) is 20.4 Å². The second-order valence-corrected chi connectivity index (χ2v) is 7.48. The smallest absolute Gasteiger partial charge is 0.245 e. The molecule has 0 aliphatic carbocycles. The lowest BCUT2D eigenvalue weighted by Gasteiger charge is -2.25. The molecule has 24 heavy (non-hydrogen) atoms. The van der Waals surface area contributed by atoms with Crippen molar-refractivity contribution in [3.8, 4) is 0 Å². The molecular weight excluding hydrogens is 302 g/mol. The van der Waals surface area contributed by atoms with E-state index in [0.29, 0.717) is 12.0 Å². The molecule has 2 aromatic rings. The average Bonchev–Trinajstić information content (AvgIpc) is 3.10. The molecule has 0 radical (unpaired) electrons. The van der Waals surface area contributed by atoms with Gasteiger partial charge in [-0.2, -0.15) is 0 Å². The number of amides is 1. The van der Waals surface area contributed by atoms with Crippen molar-refractivity contribution in [2.75, 3.05) is 5.32 Å². The highest BCUT2D eigenvalue weighted by molar-refractivity contribution is 5.95. The standard InChI is InChI=1S/C18H27N5O/c1-5-8-12-11-14(22-21-12)16(24)20-17-19-13-9-6-7-10-15(13)23(17)18(2,3)4/h6-7,9-10,12,14,21-22H,5,8,11H2,1-4H3,(H,19,20,24). The van der Waals surface area contributed by atoms with Gasteiger partial charge in [-0.1, -0.05) is 25.5 Å². The second-order valence-electron chi connectivity index (χ2n) is 7.48. The van der Waals surface area contributed by atoms with Gasteiger partial charge in [-0.25, -0.2) is 10.4 Å². The molecule has 1 aromatic heterocycles. The Kier molecular flexibility index (Phi) is 4.60. The van der Waals surface area contributed by atoms with Gasteiger partial charge in [0.2, 0.25) is 11.9 Å². The van der Waals surface area contributed by atoms with Crippen LogP contribution in [0.1, 0.15) is 47.0 Å². The van der Waals surface area contributed by atoms with Gasteiger partial charge in [0.1, 0.15) is 6.04 Å². The van der Waals surface area contributed by atoms with E-state index in [-0.39, 0.29) is 17.5 Å². The maximum absolute atomic E-state index is 12.7. The topological polar surface area (TPSA) is 71.0 Å². The number of benzene rings is 1. The summed E-state index contributed by atoms with van der Waals surface area (Å²) in [5.74, 6) is 0.566. The van der Waals surface area contributed by atoms with Crippen molar-refractivity contribution in [2.24, 2.45) is 0 Å². The molecule has 0 bridgehead atoms. The molecule has 2 atom stereocenters. The van der Waals surface area contributed by atoms with E-state index < -0.39 is 0 Å². The highest BCUT2D eigenvalue weighted by Gasteiger charge is 2.30. The summed E-state index contributed by atoms with van der Waals surface area (Å²) in [7, 11) is 0. The Bertz CT molecular complexity index is 731. The molecule has 6 nitrogen and oxygen atoms in total. The maximum Gasteiger partial charge on any atom is 0.245 e. The lowest BCUT2D eigenvalue weighted by molar-refractivity contribution is -0.118. The van der Waals surface area contributed by atoms with Crippen LogP contribution in [0.15, 0.2) is 24.3 Å². The van der Waals surface area contributed by atoms with Gasteiger partial charge in [-0.05, 0) is 45.7 Å². The zero-order valence-electron chi connectivity index (χ0n) is 14.9. The molecule has 2 unspecified atom stereocenters. The van der Waals surface area contributed by atoms with Gasteiger partial charge >= 0.3 is 0 Å². The third kappa shape index (κ3) is 3.30. The predicted molar refractivity (Wildman–Crippen MR) is 96.7 cm³/mol. The summed E-state index contributed by atoms with van der Waals surface area (Å²) in [6.07, 6.45) is 2.97. The van der Waals surface area contributed by atoms with Gasteiger partial charge in [0.25, 0.3) is 0 Å². The molecule has 0 spiro atoms. The minimum atomic E-state index is -0.227. The first-order chi connectivity index (χ1) is 11.4. The van der Waals surface area contributed by atoms with Gasteiger partial charge in [-0.3, -0.25) is 15.5 Å². The average molecular weight is 329 g/mol. The molecule has 1 fully saturated rings. The first-order valence-corrected chi connectivity index (χ1v) is 8.70. The number of imidazole rings is 1. The minimum Gasteiger partial charge on any atom is -0.305 e. The van der Waals surface area contributed by atoms with Crippen molar-refractivity contribution in [3.05, 3.63) is 24.3 Å². The van der Waals surface area contributed by atoms with Crippen molar-refractivity contribution in [1.29, 1.82) is 0 Å². The zero-order chi connectivity index (χ0) is 17.3. The fraction of sp³-hybridized carbons (Fsp3) is 0.556. The number of rotatable bonds is 4. The first kappa shape index (κ1) is 16.9. The summed E-state index contributed by atoms with van der Waals surface area (Å²) in [5.41, 5.74) is 8.06. The van der Waals surface area contributed by atoms with Crippen LogP contribution < -0.4 is 16.2 Å². The Morgan fingerprint density at radius 1 is 1.33 bits per heavy atom. The number of hydrogen-bond acceptors (Lipinski definition) is 4. The fourth-order valence-corrected chi connectivity index (χ4v) is 3.32. The number of fused-ring (bicyclic) bond motifs is 1. The van der Waals surface area contributed by atoms with E-state index >= 15 is 0 Å². The van der Waals surface area contributed by atoms with Crippen LogP contribution in [0, 0.1) is 0 Å². The minimum absolute atomic E-state index is 0.0399. The number of nitrogens with zero attached hydrogens (tertiary/aromatic N) is 2. The second kappa shape index (κ2) is 6.53. The third-order valence-electron chi connectivity index (χ3n) is 4.40. The molecule has 1 aliphatic rings. The number of carbonyl (C=O) groups excluding carboxylic acids is 1. The molecule has 3 N–H and O–H groups in total. The van der Waals surface area contributed by atoms with Gasteiger partial charge < -0.3 is 4.57 Å². The molecule has 3 rings (SSSR count). The van der Waals surface area contributed by atoms with Crippen LogP contribution in [-0.4, -0.2) is 27.5 Å². The van der Waals surface area contributed by atoms with E-state index in [1.165, 1.54) is 0 Å². The SMILES string of the molecule is CCCC1CC(C(=O)Nc2nc3ccccc3n2C(C)(C)C)NN1. The van der Waals surface area contributed by atoms with E-state index in [1.807, 2.05) is 24.3 Å². The van der Waals surface area contributed by atoms with Crippen LogP contribution in [0.5, 0.6) is 0 Å². The van der Waals surface area contributed by atoms with Gasteiger partial charge in [0, 0.05) is 11.6 Å². The third-order valence-corrected chi connectivity index (χ3v) is 4.40. The number of nitrogens with one attached hydrogen (secondary N) is 3. The molecule has 1 saturated heterocycles. The van der Waals surface area contributed by atoms with E-state index in [4.69, 9.17) is 0 Å². The highest BCUT2D eigenvalue weighted by Crippen LogP contribution is 2.28. The lowest BCUT2D eigenvalue weighted by Crippen LogP contribution is -2.41. The number of hydrogen-bond donors (Lipinski definition) is 3. The van der Waals surface area contributed by atoms with E-state index in [0.717, 1.165) is 30.3 Å². The van der Waals surface area contributed by atoms with Gasteiger partial charge in [-0.15, -0.1) is 0 Å². The number of anilines is 1. The zero-order valence-corrected chi connectivity index (χ0v) is 14.9. The molecule has 1 aliphatic heterocycles. The molecule has 2 heterocycles. The Hall–Kier alpha value is -1.92. The predicted octanol–water partition coefficient (Wildman–Crippen LogP) is 2.76. The van der Waals surface area contributed by atoms with Crippen molar-refractivity contribution >= 4 is 22.9 Å². The summed E-state index contributed by atoms with van der Waals surface area (Å²) in [6, 6.07) is 8.10. The monoisotopic (exact) mass is 329 g/mol. The number of hydrazine groups is 1. The van der Waals surface area contributed by atoms with Gasteiger partial charge in [0.05, 0.1) is 11.0 Å². The summed E-state index contributed by atoms with van der Waals surface area (Å²) in [4.78, 5) is 17.3. The van der Waals surface area contributed by atoms with Crippen LogP contribution in [-0.2, 0) is 10.3 Å². The molecule has 130 valence electrons. The number of para-hydroxylation sites is 2. The van der Waals surface area contributed by atoms with Crippen LogP contribution in [0.25, 0.3) is 11.0 Å². The summed E-state index contributed by atoms with van der Waals surface area (Å²) in [5, 5.41) is 3.02. The number of aromatic nitrogens is 2. The van der Waals surface area contributed by atoms with E-state index in [2.05, 4.69) is 53.4 Å². The Balaban J connectivity index is 1.84.